The summed E-state index contributed by atoms with van der Waals surface area (Å²) in [5.41, 5.74) is 3.88. The minimum atomic E-state index is -0.683. The maximum Gasteiger partial charge on any atom is 0.238 e. The molecule has 0 aliphatic carbocycles. The molecule has 1 aliphatic heterocycles. The van der Waals surface area contributed by atoms with Gasteiger partial charge in [0, 0.05) is 12.1 Å². The van der Waals surface area contributed by atoms with Crippen LogP contribution < -0.4 is 5.32 Å². The SMILES string of the molecule is Cc1ccc(NC(=O)C2CC(=O)N(Cc3ccc(F)cc3)C(=Nc3ccc(F)cc3)S2)c(C)c1. The van der Waals surface area contributed by atoms with Crippen molar-refractivity contribution in [1.82, 2.24) is 4.90 Å². The number of amidine groups is 1. The monoisotopic (exact) mass is 479 g/mol. The second kappa shape index (κ2) is 10.2. The lowest BCUT2D eigenvalue weighted by Gasteiger charge is -2.32. The highest BCUT2D eigenvalue weighted by molar-refractivity contribution is 8.15. The second-order valence-corrected chi connectivity index (χ2v) is 9.27. The smallest absolute Gasteiger partial charge is 0.238 e. The van der Waals surface area contributed by atoms with Gasteiger partial charge in [0.25, 0.3) is 0 Å². The molecule has 3 aromatic carbocycles. The fourth-order valence-corrected chi connectivity index (χ4v) is 4.66. The summed E-state index contributed by atoms with van der Waals surface area (Å²) in [6.45, 7) is 4.06. The molecule has 2 amide bonds. The number of aryl methyl sites for hydroxylation is 2. The van der Waals surface area contributed by atoms with Crippen molar-refractivity contribution in [3.63, 3.8) is 0 Å². The van der Waals surface area contributed by atoms with Crippen molar-refractivity contribution in [2.24, 2.45) is 4.99 Å². The predicted molar refractivity (Wildman–Crippen MR) is 131 cm³/mol. The van der Waals surface area contributed by atoms with Crippen molar-refractivity contribution in [2.45, 2.75) is 32.1 Å². The van der Waals surface area contributed by atoms with E-state index in [1.165, 1.54) is 53.1 Å². The lowest BCUT2D eigenvalue weighted by Crippen LogP contribution is -2.44. The van der Waals surface area contributed by atoms with Gasteiger partial charge < -0.3 is 5.32 Å². The van der Waals surface area contributed by atoms with Gasteiger partial charge in [-0.2, -0.15) is 0 Å². The summed E-state index contributed by atoms with van der Waals surface area (Å²) in [5.74, 6) is -1.33. The molecule has 0 saturated carbocycles. The van der Waals surface area contributed by atoms with Crippen LogP contribution in [0.25, 0.3) is 0 Å². The Balaban J connectivity index is 1.60. The topological polar surface area (TPSA) is 61.8 Å². The number of anilines is 1. The van der Waals surface area contributed by atoms with Crippen molar-refractivity contribution < 1.29 is 18.4 Å². The van der Waals surface area contributed by atoms with Crippen molar-refractivity contribution in [3.05, 3.63) is 95.1 Å². The molecule has 1 aliphatic rings. The third-order valence-corrected chi connectivity index (χ3v) is 6.56. The van der Waals surface area contributed by atoms with Gasteiger partial charge in [-0.15, -0.1) is 0 Å². The number of carbonyl (C=O) groups excluding carboxylic acids is 2. The van der Waals surface area contributed by atoms with E-state index in [1.54, 1.807) is 12.1 Å². The van der Waals surface area contributed by atoms with Crippen LogP contribution in [0.15, 0.2) is 71.7 Å². The molecule has 4 rings (SSSR count). The van der Waals surface area contributed by atoms with E-state index >= 15 is 0 Å². The highest BCUT2D eigenvalue weighted by Crippen LogP contribution is 2.31. The van der Waals surface area contributed by atoms with Gasteiger partial charge in [0.15, 0.2) is 5.17 Å². The Morgan fingerprint density at radius 3 is 2.32 bits per heavy atom. The number of hydrogen-bond acceptors (Lipinski definition) is 4. The molecule has 1 fully saturated rings. The van der Waals surface area contributed by atoms with Gasteiger partial charge >= 0.3 is 0 Å². The summed E-state index contributed by atoms with van der Waals surface area (Å²) in [6.07, 6.45) is -0.00889. The number of amides is 2. The van der Waals surface area contributed by atoms with Crippen LogP contribution in [0.2, 0.25) is 0 Å². The first-order valence-electron chi connectivity index (χ1n) is 10.7. The zero-order chi connectivity index (χ0) is 24.2. The molecule has 1 saturated heterocycles. The summed E-state index contributed by atoms with van der Waals surface area (Å²) in [4.78, 5) is 32.2. The third kappa shape index (κ3) is 5.69. The molecular formula is C26H23F2N3O2S. The molecule has 0 bridgehead atoms. The van der Waals surface area contributed by atoms with Crippen molar-refractivity contribution in [1.29, 1.82) is 0 Å². The van der Waals surface area contributed by atoms with Gasteiger partial charge in [-0.05, 0) is 67.4 Å². The average molecular weight is 480 g/mol. The van der Waals surface area contributed by atoms with Gasteiger partial charge in [-0.1, -0.05) is 41.6 Å². The molecule has 174 valence electrons. The number of halogens is 2. The molecule has 3 aromatic rings. The summed E-state index contributed by atoms with van der Waals surface area (Å²) in [7, 11) is 0. The van der Waals surface area contributed by atoms with E-state index < -0.39 is 11.1 Å². The minimum Gasteiger partial charge on any atom is -0.325 e. The number of aliphatic imine (C=N–C) groups is 1. The largest absolute Gasteiger partial charge is 0.325 e. The van der Waals surface area contributed by atoms with Gasteiger partial charge in [-0.3, -0.25) is 14.5 Å². The Kier molecular flexibility index (Phi) is 7.07. The Hall–Kier alpha value is -3.52. The van der Waals surface area contributed by atoms with Gasteiger partial charge in [0.1, 0.15) is 16.9 Å². The normalized spacial score (nSPS) is 17.2. The quantitative estimate of drug-likeness (QED) is 0.508. The van der Waals surface area contributed by atoms with E-state index in [-0.39, 0.29) is 30.6 Å². The Morgan fingerprint density at radius 2 is 1.68 bits per heavy atom. The number of thioether (sulfide) groups is 1. The second-order valence-electron chi connectivity index (χ2n) is 8.10. The zero-order valence-electron chi connectivity index (χ0n) is 18.7. The van der Waals surface area contributed by atoms with Crippen LogP contribution >= 0.6 is 11.8 Å². The summed E-state index contributed by atoms with van der Waals surface area (Å²) >= 11 is 1.18. The van der Waals surface area contributed by atoms with Crippen LogP contribution in [0.5, 0.6) is 0 Å². The van der Waals surface area contributed by atoms with E-state index in [4.69, 9.17) is 0 Å². The van der Waals surface area contributed by atoms with E-state index in [0.29, 0.717) is 16.5 Å². The van der Waals surface area contributed by atoms with Crippen LogP contribution in [-0.2, 0) is 16.1 Å². The number of benzene rings is 3. The van der Waals surface area contributed by atoms with Crippen molar-refractivity contribution in [3.8, 4) is 0 Å². The first-order valence-corrected chi connectivity index (χ1v) is 11.6. The summed E-state index contributed by atoms with van der Waals surface area (Å²) in [6, 6.07) is 17.1. The highest BCUT2D eigenvalue weighted by Gasteiger charge is 2.36. The van der Waals surface area contributed by atoms with Crippen LogP contribution in [0, 0.1) is 25.5 Å². The molecule has 1 atom stereocenters. The van der Waals surface area contributed by atoms with E-state index in [0.717, 1.165) is 16.7 Å². The van der Waals surface area contributed by atoms with Crippen molar-refractivity contribution in [2.75, 3.05) is 5.32 Å². The van der Waals surface area contributed by atoms with Gasteiger partial charge in [0.05, 0.1) is 12.2 Å². The molecule has 1 N–H and O–H groups in total. The molecule has 0 spiro atoms. The minimum absolute atomic E-state index is 0.00889. The zero-order valence-corrected chi connectivity index (χ0v) is 19.5. The third-order valence-electron chi connectivity index (χ3n) is 5.38. The van der Waals surface area contributed by atoms with Crippen LogP contribution in [0.3, 0.4) is 0 Å². The Labute approximate surface area is 200 Å². The first kappa shape index (κ1) is 23.6. The Bertz CT molecular complexity index is 1240. The van der Waals surface area contributed by atoms with Crippen LogP contribution in [0.4, 0.5) is 20.2 Å². The number of rotatable bonds is 5. The highest BCUT2D eigenvalue weighted by atomic mass is 32.2. The molecule has 0 radical (unpaired) electrons. The van der Waals surface area contributed by atoms with Crippen LogP contribution in [0.1, 0.15) is 23.1 Å². The fraction of sp³-hybridized carbons (Fsp3) is 0.192. The van der Waals surface area contributed by atoms with Gasteiger partial charge in [0.2, 0.25) is 11.8 Å². The number of hydrogen-bond donors (Lipinski definition) is 1. The predicted octanol–water partition coefficient (Wildman–Crippen LogP) is 5.74. The van der Waals surface area contributed by atoms with E-state index in [9.17, 15) is 18.4 Å². The number of nitrogens with one attached hydrogen (secondary N) is 1. The molecular weight excluding hydrogens is 456 g/mol. The maximum atomic E-state index is 13.4. The fourth-order valence-electron chi connectivity index (χ4n) is 3.56. The molecule has 0 aromatic heterocycles. The standard InChI is InChI=1S/C26H23F2N3O2S/c1-16-3-12-22(17(2)13-16)30-25(33)23-14-24(32)31(15-18-4-6-19(27)7-5-18)26(34-23)29-21-10-8-20(28)9-11-21/h3-13,23H,14-15H2,1-2H3,(H,30,33). The lowest BCUT2D eigenvalue weighted by atomic mass is 10.1. The van der Waals surface area contributed by atoms with E-state index in [1.807, 2.05) is 32.0 Å². The summed E-state index contributed by atoms with van der Waals surface area (Å²) in [5, 5.41) is 2.56. The number of carbonyl (C=O) groups is 2. The number of nitrogens with zero attached hydrogens (tertiary/aromatic N) is 2. The first-order chi connectivity index (χ1) is 16.3. The molecule has 34 heavy (non-hydrogen) atoms. The average Bonchev–Trinajstić information content (AvgIpc) is 2.80. The molecule has 8 heteroatoms. The molecule has 5 nitrogen and oxygen atoms in total. The van der Waals surface area contributed by atoms with Crippen LogP contribution in [-0.4, -0.2) is 27.1 Å². The maximum absolute atomic E-state index is 13.4. The lowest BCUT2D eigenvalue weighted by molar-refractivity contribution is -0.129. The van der Waals surface area contributed by atoms with Gasteiger partial charge in [-0.25, -0.2) is 13.8 Å². The van der Waals surface area contributed by atoms with Crippen molar-refractivity contribution >= 4 is 40.1 Å². The summed E-state index contributed by atoms with van der Waals surface area (Å²) < 4.78 is 26.7. The molecule has 1 unspecified atom stereocenters. The Morgan fingerprint density at radius 1 is 1.03 bits per heavy atom. The molecule has 1 heterocycles. The van der Waals surface area contributed by atoms with E-state index in [2.05, 4.69) is 10.3 Å².